The van der Waals surface area contributed by atoms with E-state index in [0.717, 1.165) is 45.1 Å². The Hall–Kier alpha value is -1.30. The molecule has 3 atom stereocenters. The largest absolute Gasteiger partial charge is 0.480 e. The molecule has 2 fully saturated rings. The summed E-state index contributed by atoms with van der Waals surface area (Å²) in [5.74, 6) is -0.340. The first-order chi connectivity index (χ1) is 10.1. The maximum absolute atomic E-state index is 12.2. The molecule has 0 aromatic heterocycles. The number of carbonyl (C=O) groups is 2. The summed E-state index contributed by atoms with van der Waals surface area (Å²) in [6.45, 7) is 1.93. The van der Waals surface area contributed by atoms with Crippen LogP contribution in [-0.2, 0) is 9.53 Å². The molecule has 6 nitrogen and oxygen atoms in total. The molecule has 0 radical (unpaired) electrons. The second-order valence-electron chi connectivity index (χ2n) is 6.08. The van der Waals surface area contributed by atoms with Gasteiger partial charge < -0.3 is 20.1 Å². The lowest BCUT2D eigenvalue weighted by Gasteiger charge is -2.24. The number of nitrogens with zero attached hydrogens (tertiary/aromatic N) is 1. The smallest absolute Gasteiger partial charge is 0.326 e. The van der Waals surface area contributed by atoms with Crippen LogP contribution >= 0.6 is 0 Å². The van der Waals surface area contributed by atoms with Crippen LogP contribution in [0.2, 0.25) is 0 Å². The second-order valence-corrected chi connectivity index (χ2v) is 6.08. The van der Waals surface area contributed by atoms with Crippen LogP contribution in [-0.4, -0.2) is 54.9 Å². The number of urea groups is 1. The average Bonchev–Trinajstić information content (AvgIpc) is 3.01. The van der Waals surface area contributed by atoms with E-state index in [1.807, 2.05) is 0 Å². The molecule has 0 bridgehead atoms. The van der Waals surface area contributed by atoms with E-state index in [-0.39, 0.29) is 11.9 Å². The molecule has 2 rings (SSSR count). The van der Waals surface area contributed by atoms with Gasteiger partial charge >= 0.3 is 12.0 Å². The summed E-state index contributed by atoms with van der Waals surface area (Å²) in [5, 5.41) is 12.3. The number of hydrogen-bond donors (Lipinski definition) is 2. The van der Waals surface area contributed by atoms with Crippen LogP contribution < -0.4 is 5.32 Å². The van der Waals surface area contributed by atoms with Crippen LogP contribution in [0.15, 0.2) is 0 Å². The number of fused-ring (bicyclic) bond motifs is 1. The van der Waals surface area contributed by atoms with Crippen molar-refractivity contribution in [2.24, 2.45) is 11.8 Å². The molecule has 1 saturated carbocycles. The van der Waals surface area contributed by atoms with Crippen molar-refractivity contribution < 1.29 is 19.4 Å². The van der Waals surface area contributed by atoms with Gasteiger partial charge in [0.15, 0.2) is 0 Å². The Labute approximate surface area is 125 Å². The summed E-state index contributed by atoms with van der Waals surface area (Å²) >= 11 is 0. The third kappa shape index (κ3) is 3.87. The number of amides is 2. The Balaban J connectivity index is 1.77. The molecule has 2 amide bonds. The Bertz CT molecular complexity index is 375. The summed E-state index contributed by atoms with van der Waals surface area (Å²) in [5.41, 5.74) is 0. The number of hydrogen-bond acceptors (Lipinski definition) is 3. The third-order valence-corrected chi connectivity index (χ3v) is 4.71. The fourth-order valence-electron chi connectivity index (χ4n) is 3.68. The molecule has 6 heteroatoms. The molecule has 2 aliphatic rings. The molecule has 1 heterocycles. The normalized spacial score (nSPS) is 27.7. The van der Waals surface area contributed by atoms with Gasteiger partial charge in [-0.2, -0.15) is 0 Å². The van der Waals surface area contributed by atoms with Crippen molar-refractivity contribution in [1.82, 2.24) is 10.2 Å². The average molecular weight is 298 g/mol. The first-order valence-corrected chi connectivity index (χ1v) is 7.91. The molecule has 0 spiro atoms. The number of methoxy groups -OCH3 is 1. The minimum Gasteiger partial charge on any atom is -0.480 e. The van der Waals surface area contributed by atoms with Gasteiger partial charge in [0.25, 0.3) is 0 Å². The lowest BCUT2D eigenvalue weighted by atomic mass is 9.94. The van der Waals surface area contributed by atoms with Gasteiger partial charge in [-0.05, 0) is 43.9 Å². The summed E-state index contributed by atoms with van der Waals surface area (Å²) in [6, 6.07) is -0.852. The summed E-state index contributed by atoms with van der Waals surface area (Å²) in [6.07, 6.45) is 5.96. The van der Waals surface area contributed by atoms with Crippen molar-refractivity contribution >= 4 is 12.0 Å². The fraction of sp³-hybridized carbons (Fsp3) is 0.867. The Morgan fingerprint density at radius 2 is 2.10 bits per heavy atom. The van der Waals surface area contributed by atoms with Crippen LogP contribution in [0, 0.1) is 11.8 Å². The van der Waals surface area contributed by atoms with Crippen molar-refractivity contribution in [2.45, 2.75) is 44.6 Å². The minimum absolute atomic E-state index is 0.148. The molecular formula is C15H26N2O4. The topological polar surface area (TPSA) is 78.9 Å². The van der Waals surface area contributed by atoms with Crippen molar-refractivity contribution in [2.75, 3.05) is 26.8 Å². The Morgan fingerprint density at radius 1 is 1.29 bits per heavy atom. The maximum Gasteiger partial charge on any atom is 0.326 e. The molecule has 2 N–H and O–H groups in total. The van der Waals surface area contributed by atoms with Gasteiger partial charge in [-0.25, -0.2) is 9.59 Å². The van der Waals surface area contributed by atoms with Crippen molar-refractivity contribution in [3.05, 3.63) is 0 Å². The molecule has 0 aromatic rings. The number of rotatable bonds is 7. The number of carboxylic acid groups (broad SMARTS) is 1. The van der Waals surface area contributed by atoms with Gasteiger partial charge in [0.2, 0.25) is 0 Å². The standard InChI is InChI=1S/C15H26N2O4/c1-21-9-4-2-3-8-16-15(20)17-10-11-6-5-7-12(11)13(17)14(18)19/h11-13H,2-10H2,1H3,(H,16,20)(H,18,19). The van der Waals surface area contributed by atoms with E-state index in [2.05, 4.69) is 5.32 Å². The highest BCUT2D eigenvalue weighted by Crippen LogP contribution is 2.42. The van der Waals surface area contributed by atoms with E-state index in [0.29, 0.717) is 19.0 Å². The lowest BCUT2D eigenvalue weighted by molar-refractivity contribution is -0.142. The van der Waals surface area contributed by atoms with Crippen LogP contribution in [0.4, 0.5) is 4.79 Å². The molecular weight excluding hydrogens is 272 g/mol. The number of ether oxygens (including phenoxy) is 1. The van der Waals surface area contributed by atoms with Gasteiger partial charge in [-0.15, -0.1) is 0 Å². The van der Waals surface area contributed by atoms with Gasteiger partial charge in [-0.3, -0.25) is 0 Å². The Morgan fingerprint density at radius 3 is 2.81 bits per heavy atom. The highest BCUT2D eigenvalue weighted by atomic mass is 16.5. The molecule has 0 aromatic carbocycles. The van der Waals surface area contributed by atoms with Crippen molar-refractivity contribution in [3.63, 3.8) is 0 Å². The Kier molecular flexibility index (Phi) is 5.85. The van der Waals surface area contributed by atoms with Gasteiger partial charge in [0, 0.05) is 26.8 Å². The zero-order valence-corrected chi connectivity index (χ0v) is 12.7. The fourth-order valence-corrected chi connectivity index (χ4v) is 3.68. The molecule has 21 heavy (non-hydrogen) atoms. The highest BCUT2D eigenvalue weighted by molar-refractivity contribution is 5.83. The summed E-state index contributed by atoms with van der Waals surface area (Å²) in [4.78, 5) is 25.2. The molecule has 1 aliphatic heterocycles. The number of carboxylic acids is 1. The molecule has 1 saturated heterocycles. The molecule has 1 aliphatic carbocycles. The van der Waals surface area contributed by atoms with Gasteiger partial charge in [0.05, 0.1) is 0 Å². The minimum atomic E-state index is -0.861. The summed E-state index contributed by atoms with van der Waals surface area (Å²) in [7, 11) is 1.68. The SMILES string of the molecule is COCCCCCNC(=O)N1CC2CCCC2C1C(=O)O. The monoisotopic (exact) mass is 298 g/mol. The highest BCUT2D eigenvalue weighted by Gasteiger charge is 2.49. The lowest BCUT2D eigenvalue weighted by Crippen LogP contribution is -2.48. The van der Waals surface area contributed by atoms with E-state index in [4.69, 9.17) is 4.74 Å². The molecule has 3 unspecified atom stereocenters. The summed E-state index contributed by atoms with van der Waals surface area (Å²) < 4.78 is 4.97. The van der Waals surface area contributed by atoms with Crippen LogP contribution in [0.3, 0.4) is 0 Å². The third-order valence-electron chi connectivity index (χ3n) is 4.71. The van der Waals surface area contributed by atoms with Crippen molar-refractivity contribution in [1.29, 1.82) is 0 Å². The van der Waals surface area contributed by atoms with E-state index in [9.17, 15) is 14.7 Å². The van der Waals surface area contributed by atoms with E-state index < -0.39 is 12.0 Å². The second kappa shape index (κ2) is 7.64. The first kappa shape index (κ1) is 16.1. The number of carbonyl (C=O) groups excluding carboxylic acids is 1. The van der Waals surface area contributed by atoms with Gasteiger partial charge in [0.1, 0.15) is 6.04 Å². The predicted molar refractivity (Wildman–Crippen MR) is 78.1 cm³/mol. The maximum atomic E-state index is 12.2. The van der Waals surface area contributed by atoms with Crippen LogP contribution in [0.1, 0.15) is 38.5 Å². The number of likely N-dealkylation sites (tertiary alicyclic amines) is 1. The number of nitrogens with one attached hydrogen (secondary N) is 1. The van der Waals surface area contributed by atoms with Gasteiger partial charge in [-0.1, -0.05) is 6.42 Å². The quantitative estimate of drug-likeness (QED) is 0.701. The van der Waals surface area contributed by atoms with Crippen LogP contribution in [0.5, 0.6) is 0 Å². The first-order valence-electron chi connectivity index (χ1n) is 7.91. The van der Waals surface area contributed by atoms with E-state index in [1.54, 1.807) is 7.11 Å². The van der Waals surface area contributed by atoms with E-state index in [1.165, 1.54) is 4.90 Å². The number of unbranched alkanes of at least 4 members (excludes halogenated alkanes) is 2. The molecule has 120 valence electrons. The predicted octanol–water partition coefficient (Wildman–Crippen LogP) is 1.70. The zero-order valence-electron chi connectivity index (χ0n) is 12.7. The van der Waals surface area contributed by atoms with E-state index >= 15 is 0 Å². The number of aliphatic carboxylic acids is 1. The van der Waals surface area contributed by atoms with Crippen LogP contribution in [0.25, 0.3) is 0 Å². The van der Waals surface area contributed by atoms with Crippen molar-refractivity contribution in [3.8, 4) is 0 Å². The zero-order chi connectivity index (χ0) is 15.2.